The van der Waals surface area contributed by atoms with Crippen molar-refractivity contribution in [1.29, 1.82) is 0 Å². The number of fused-ring (bicyclic) bond motifs is 1. The second kappa shape index (κ2) is 8.08. The van der Waals surface area contributed by atoms with Gasteiger partial charge in [0.25, 0.3) is 5.56 Å². The van der Waals surface area contributed by atoms with E-state index in [1.807, 2.05) is 54.6 Å². The molecule has 0 bridgehead atoms. The van der Waals surface area contributed by atoms with Crippen LogP contribution >= 0.6 is 31.9 Å². The molecule has 0 fully saturated rings. The van der Waals surface area contributed by atoms with Gasteiger partial charge >= 0.3 is 0 Å². The Labute approximate surface area is 178 Å². The molecule has 7 heteroatoms. The molecule has 0 spiro atoms. The van der Waals surface area contributed by atoms with E-state index in [-0.39, 0.29) is 5.56 Å². The molecular formula is C21H14Br2N4O. The summed E-state index contributed by atoms with van der Waals surface area (Å²) in [6, 6.07) is 20.7. The van der Waals surface area contributed by atoms with Crippen molar-refractivity contribution in [2.24, 2.45) is 4.99 Å². The normalized spacial score (nSPS) is 11.2. The van der Waals surface area contributed by atoms with Crippen molar-refractivity contribution >= 4 is 60.9 Å². The lowest BCUT2D eigenvalue weighted by atomic mass is 10.2. The van der Waals surface area contributed by atoms with Gasteiger partial charge in [0.15, 0.2) is 0 Å². The molecule has 5 nitrogen and oxygen atoms in total. The summed E-state index contributed by atoms with van der Waals surface area (Å²) >= 11 is 6.99. The Morgan fingerprint density at radius 2 is 1.64 bits per heavy atom. The van der Waals surface area contributed by atoms with Crippen LogP contribution in [0.1, 0.15) is 5.56 Å². The first-order chi connectivity index (χ1) is 13.6. The summed E-state index contributed by atoms with van der Waals surface area (Å²) in [5.74, 6) is 0.443. The van der Waals surface area contributed by atoms with Crippen LogP contribution in [0.2, 0.25) is 0 Å². The predicted molar refractivity (Wildman–Crippen MR) is 120 cm³/mol. The highest BCUT2D eigenvalue weighted by Gasteiger charge is 2.12. The zero-order valence-corrected chi connectivity index (χ0v) is 17.7. The molecule has 0 aliphatic carbocycles. The minimum Gasteiger partial charge on any atom is -0.339 e. The number of para-hydroxylation sites is 2. The van der Waals surface area contributed by atoms with Gasteiger partial charge in [-0.2, -0.15) is 0 Å². The van der Waals surface area contributed by atoms with Crippen molar-refractivity contribution in [2.75, 3.05) is 5.32 Å². The van der Waals surface area contributed by atoms with E-state index in [0.29, 0.717) is 17.0 Å². The zero-order chi connectivity index (χ0) is 19.5. The van der Waals surface area contributed by atoms with Crippen LogP contribution in [0.3, 0.4) is 0 Å². The molecule has 0 saturated carbocycles. The number of aromatic nitrogens is 2. The fourth-order valence-corrected chi connectivity index (χ4v) is 3.47. The van der Waals surface area contributed by atoms with Gasteiger partial charge in [0, 0.05) is 21.4 Å². The second-order valence-electron chi connectivity index (χ2n) is 5.92. The summed E-state index contributed by atoms with van der Waals surface area (Å²) in [5, 5.41) is 3.25. The van der Waals surface area contributed by atoms with Crippen LogP contribution in [0.15, 0.2) is 91.7 Å². The summed E-state index contributed by atoms with van der Waals surface area (Å²) in [5.41, 5.74) is 2.27. The molecule has 0 aliphatic rings. The first-order valence-electron chi connectivity index (χ1n) is 8.45. The van der Waals surface area contributed by atoms with E-state index in [1.54, 1.807) is 24.5 Å². The third-order valence-electron chi connectivity index (χ3n) is 4.08. The van der Waals surface area contributed by atoms with Crippen LogP contribution in [-0.4, -0.2) is 15.6 Å². The van der Waals surface area contributed by atoms with Gasteiger partial charge in [-0.3, -0.25) is 14.2 Å². The van der Waals surface area contributed by atoms with Crippen molar-refractivity contribution in [1.82, 2.24) is 9.38 Å². The fraction of sp³-hybridized carbons (Fsp3) is 0. The van der Waals surface area contributed by atoms with Crippen LogP contribution in [0.25, 0.3) is 5.65 Å². The van der Waals surface area contributed by atoms with E-state index < -0.39 is 0 Å². The quantitative estimate of drug-likeness (QED) is 0.367. The third kappa shape index (κ3) is 3.76. The first-order valence-corrected chi connectivity index (χ1v) is 10.0. The number of halogens is 2. The van der Waals surface area contributed by atoms with Crippen LogP contribution in [0.5, 0.6) is 0 Å². The van der Waals surface area contributed by atoms with Crippen molar-refractivity contribution in [3.8, 4) is 0 Å². The Hall–Kier alpha value is -2.77. The molecule has 1 N–H and O–H groups in total. The monoisotopic (exact) mass is 496 g/mol. The number of nitrogens with one attached hydrogen (secondary N) is 1. The Morgan fingerprint density at radius 3 is 2.43 bits per heavy atom. The Bertz CT molecular complexity index is 1250. The number of pyridine rings is 1. The SMILES string of the molecule is O=c1c(C=Nc2ccccc2Br)c(Nc2ccccc2Br)nc2ccccn12. The van der Waals surface area contributed by atoms with E-state index in [1.165, 1.54) is 4.40 Å². The van der Waals surface area contributed by atoms with Crippen LogP contribution in [0.4, 0.5) is 17.2 Å². The minimum absolute atomic E-state index is 0.198. The average Bonchev–Trinajstić information content (AvgIpc) is 2.71. The van der Waals surface area contributed by atoms with Crippen molar-refractivity contribution in [3.05, 3.63) is 97.8 Å². The number of hydrogen-bond donors (Lipinski definition) is 1. The van der Waals surface area contributed by atoms with Crippen LogP contribution in [-0.2, 0) is 0 Å². The molecule has 0 radical (unpaired) electrons. The lowest BCUT2D eigenvalue weighted by Crippen LogP contribution is -2.21. The van der Waals surface area contributed by atoms with Gasteiger partial charge < -0.3 is 5.32 Å². The van der Waals surface area contributed by atoms with Gasteiger partial charge in [-0.25, -0.2) is 4.98 Å². The standard InChI is InChI=1S/C21H14Br2N4O/c22-15-7-1-3-9-17(15)24-13-14-20(25-18-10-4-2-8-16(18)23)26-19-11-5-6-12-27(19)21(14)28/h1-13,25H. The summed E-state index contributed by atoms with van der Waals surface area (Å²) in [6.07, 6.45) is 3.25. The van der Waals surface area contributed by atoms with E-state index in [2.05, 4.69) is 47.2 Å². The van der Waals surface area contributed by atoms with Crippen molar-refractivity contribution in [2.45, 2.75) is 0 Å². The summed E-state index contributed by atoms with van der Waals surface area (Å²) in [7, 11) is 0. The van der Waals surface area contributed by atoms with Crippen molar-refractivity contribution in [3.63, 3.8) is 0 Å². The first kappa shape index (κ1) is 18.6. The lowest BCUT2D eigenvalue weighted by Gasteiger charge is -2.11. The summed E-state index contributed by atoms with van der Waals surface area (Å²) in [4.78, 5) is 22.2. The molecule has 4 aromatic rings. The predicted octanol–water partition coefficient (Wildman–Crippen LogP) is 5.71. The molecule has 2 aromatic heterocycles. The fourth-order valence-electron chi connectivity index (χ4n) is 2.70. The highest BCUT2D eigenvalue weighted by Crippen LogP contribution is 2.27. The smallest absolute Gasteiger partial charge is 0.268 e. The highest BCUT2D eigenvalue weighted by molar-refractivity contribution is 9.11. The van der Waals surface area contributed by atoms with E-state index in [9.17, 15) is 4.79 Å². The number of hydrogen-bond acceptors (Lipinski definition) is 4. The molecule has 0 amide bonds. The van der Waals surface area contributed by atoms with Gasteiger partial charge in [-0.1, -0.05) is 30.3 Å². The molecular weight excluding hydrogens is 484 g/mol. The summed E-state index contributed by atoms with van der Waals surface area (Å²) < 4.78 is 3.23. The maximum Gasteiger partial charge on any atom is 0.268 e. The molecule has 2 heterocycles. The Kier molecular flexibility index (Phi) is 5.36. The topological polar surface area (TPSA) is 58.8 Å². The molecule has 138 valence electrons. The Morgan fingerprint density at radius 1 is 0.929 bits per heavy atom. The molecule has 28 heavy (non-hydrogen) atoms. The summed E-state index contributed by atoms with van der Waals surface area (Å²) in [6.45, 7) is 0. The molecule has 0 atom stereocenters. The highest BCUT2D eigenvalue weighted by atomic mass is 79.9. The molecule has 0 unspecified atom stereocenters. The minimum atomic E-state index is -0.198. The number of rotatable bonds is 4. The molecule has 2 aromatic carbocycles. The van der Waals surface area contributed by atoms with Gasteiger partial charge in [0.2, 0.25) is 0 Å². The van der Waals surface area contributed by atoms with Crippen molar-refractivity contribution < 1.29 is 0 Å². The largest absolute Gasteiger partial charge is 0.339 e. The maximum absolute atomic E-state index is 13.1. The van der Waals surface area contributed by atoms with Crippen LogP contribution in [0, 0.1) is 0 Å². The second-order valence-corrected chi connectivity index (χ2v) is 7.63. The van der Waals surface area contributed by atoms with E-state index in [4.69, 9.17) is 0 Å². The van der Waals surface area contributed by atoms with Gasteiger partial charge in [-0.15, -0.1) is 0 Å². The number of nitrogens with zero attached hydrogens (tertiary/aromatic N) is 3. The number of anilines is 2. The maximum atomic E-state index is 13.1. The molecule has 0 saturated heterocycles. The van der Waals surface area contributed by atoms with Gasteiger partial charge in [0.05, 0.1) is 11.4 Å². The number of benzene rings is 2. The number of aliphatic imine (C=N–C) groups is 1. The zero-order valence-electron chi connectivity index (χ0n) is 14.5. The van der Waals surface area contributed by atoms with Crippen LogP contribution < -0.4 is 10.9 Å². The van der Waals surface area contributed by atoms with Gasteiger partial charge in [-0.05, 0) is 68.3 Å². The average molecular weight is 498 g/mol. The molecule has 4 rings (SSSR count). The van der Waals surface area contributed by atoms with Gasteiger partial charge in [0.1, 0.15) is 17.0 Å². The van der Waals surface area contributed by atoms with E-state index >= 15 is 0 Å². The Balaban J connectivity index is 1.87. The third-order valence-corrected chi connectivity index (χ3v) is 5.44. The molecule has 0 aliphatic heterocycles. The lowest BCUT2D eigenvalue weighted by molar-refractivity contribution is 1.04. The van der Waals surface area contributed by atoms with E-state index in [0.717, 1.165) is 20.3 Å².